The summed E-state index contributed by atoms with van der Waals surface area (Å²) in [6.45, 7) is 4.44. The van der Waals surface area contributed by atoms with Crippen LogP contribution in [0, 0.1) is 5.82 Å². The van der Waals surface area contributed by atoms with Crippen LogP contribution in [0.4, 0.5) is 10.1 Å². The van der Waals surface area contributed by atoms with Gasteiger partial charge in [-0.25, -0.2) is 4.39 Å². The summed E-state index contributed by atoms with van der Waals surface area (Å²) in [4.78, 5) is 38.6. The second-order valence-corrected chi connectivity index (χ2v) is 7.82. The number of rotatable bonds is 6. The van der Waals surface area contributed by atoms with Crippen molar-refractivity contribution in [3.05, 3.63) is 65.5 Å². The molecule has 1 saturated heterocycles. The monoisotopic (exact) mass is 425 g/mol. The van der Waals surface area contributed by atoms with E-state index in [0.29, 0.717) is 31.6 Å². The van der Waals surface area contributed by atoms with E-state index in [1.54, 1.807) is 0 Å². The van der Waals surface area contributed by atoms with E-state index in [4.69, 9.17) is 0 Å². The molecule has 2 aromatic rings. The highest BCUT2D eigenvalue weighted by molar-refractivity contribution is 5.97. The Bertz CT molecular complexity index is 940. The van der Waals surface area contributed by atoms with Gasteiger partial charge in [0.15, 0.2) is 0 Å². The van der Waals surface area contributed by atoms with Crippen molar-refractivity contribution < 1.29 is 18.8 Å². The molecule has 0 radical (unpaired) electrons. The summed E-state index contributed by atoms with van der Waals surface area (Å²) in [7, 11) is 0. The van der Waals surface area contributed by atoms with Gasteiger partial charge in [0, 0.05) is 31.7 Å². The fourth-order valence-corrected chi connectivity index (χ4v) is 3.95. The van der Waals surface area contributed by atoms with Crippen molar-refractivity contribution >= 4 is 23.4 Å². The highest BCUT2D eigenvalue weighted by atomic mass is 19.1. The average molecular weight is 426 g/mol. The predicted octanol–water partition coefficient (Wildman–Crippen LogP) is 3.70. The summed E-state index contributed by atoms with van der Waals surface area (Å²) in [5.41, 5.74) is 1.27. The molecule has 3 amide bonds. The first kappa shape index (κ1) is 22.5. The standard InChI is InChI=1S/C24H28FN3O3/c1-3-20(17-7-5-4-6-8-17)24(31)28-13-11-18(12-14-28)27-23(30)21-15-19(26-16(2)29)9-10-22(21)25/h4-10,15,18,20H,3,11-14H2,1-2H3,(H,26,29)(H,27,30). The molecule has 0 saturated carbocycles. The SMILES string of the molecule is CCC(C(=O)N1CCC(NC(=O)c2cc(NC(C)=O)ccc2F)CC1)c1ccccc1. The van der Waals surface area contributed by atoms with Gasteiger partial charge in [0.05, 0.1) is 11.5 Å². The van der Waals surface area contributed by atoms with E-state index in [2.05, 4.69) is 10.6 Å². The average Bonchev–Trinajstić information content (AvgIpc) is 2.76. The summed E-state index contributed by atoms with van der Waals surface area (Å²) in [5, 5.41) is 5.41. The van der Waals surface area contributed by atoms with E-state index in [-0.39, 0.29) is 29.3 Å². The number of carbonyl (C=O) groups is 3. The van der Waals surface area contributed by atoms with E-state index in [1.165, 1.54) is 19.1 Å². The zero-order valence-corrected chi connectivity index (χ0v) is 17.9. The molecule has 0 aliphatic carbocycles. The van der Waals surface area contributed by atoms with Gasteiger partial charge in [0.2, 0.25) is 11.8 Å². The third-order valence-electron chi connectivity index (χ3n) is 5.58. The summed E-state index contributed by atoms with van der Waals surface area (Å²) >= 11 is 0. The Morgan fingerprint density at radius 1 is 1.10 bits per heavy atom. The van der Waals surface area contributed by atoms with Gasteiger partial charge in [-0.05, 0) is 43.0 Å². The van der Waals surface area contributed by atoms with Crippen LogP contribution in [-0.4, -0.2) is 41.8 Å². The van der Waals surface area contributed by atoms with E-state index < -0.39 is 11.7 Å². The van der Waals surface area contributed by atoms with Crippen LogP contribution in [0.5, 0.6) is 0 Å². The van der Waals surface area contributed by atoms with Crippen LogP contribution in [0.2, 0.25) is 0 Å². The molecule has 1 unspecified atom stereocenters. The van der Waals surface area contributed by atoms with Crippen molar-refractivity contribution in [3.8, 4) is 0 Å². The summed E-state index contributed by atoms with van der Waals surface area (Å²) in [6.07, 6.45) is 1.94. The first-order chi connectivity index (χ1) is 14.9. The third-order valence-corrected chi connectivity index (χ3v) is 5.58. The maximum absolute atomic E-state index is 14.1. The lowest BCUT2D eigenvalue weighted by molar-refractivity contribution is -0.134. The fourth-order valence-electron chi connectivity index (χ4n) is 3.95. The number of likely N-dealkylation sites (tertiary alicyclic amines) is 1. The lowest BCUT2D eigenvalue weighted by Crippen LogP contribution is -2.47. The molecular formula is C24H28FN3O3. The van der Waals surface area contributed by atoms with Crippen molar-refractivity contribution in [3.63, 3.8) is 0 Å². The summed E-state index contributed by atoms with van der Waals surface area (Å²) < 4.78 is 14.1. The molecule has 1 aliphatic rings. The minimum absolute atomic E-state index is 0.104. The number of hydrogen-bond acceptors (Lipinski definition) is 3. The molecule has 7 heteroatoms. The molecule has 164 valence electrons. The minimum Gasteiger partial charge on any atom is -0.349 e. The van der Waals surface area contributed by atoms with Crippen LogP contribution >= 0.6 is 0 Å². The zero-order valence-electron chi connectivity index (χ0n) is 17.9. The fraction of sp³-hybridized carbons (Fsp3) is 0.375. The molecule has 2 aromatic carbocycles. The van der Waals surface area contributed by atoms with Crippen molar-refractivity contribution in [2.75, 3.05) is 18.4 Å². The molecule has 0 spiro atoms. The Labute approximate surface area is 181 Å². The second kappa shape index (κ2) is 10.2. The van der Waals surface area contributed by atoms with Crippen molar-refractivity contribution in [2.24, 2.45) is 0 Å². The molecule has 2 N–H and O–H groups in total. The maximum Gasteiger partial charge on any atom is 0.254 e. The molecular weight excluding hydrogens is 397 g/mol. The predicted molar refractivity (Wildman–Crippen MR) is 117 cm³/mol. The van der Waals surface area contributed by atoms with Gasteiger partial charge in [-0.15, -0.1) is 0 Å². The molecule has 31 heavy (non-hydrogen) atoms. The first-order valence-corrected chi connectivity index (χ1v) is 10.6. The highest BCUT2D eigenvalue weighted by Gasteiger charge is 2.29. The van der Waals surface area contributed by atoms with Gasteiger partial charge in [0.1, 0.15) is 5.82 Å². The van der Waals surface area contributed by atoms with E-state index >= 15 is 0 Å². The van der Waals surface area contributed by atoms with Gasteiger partial charge in [0.25, 0.3) is 5.91 Å². The molecule has 6 nitrogen and oxygen atoms in total. The quantitative estimate of drug-likeness (QED) is 0.741. The molecule has 1 aliphatic heterocycles. The Morgan fingerprint density at radius 3 is 2.39 bits per heavy atom. The molecule has 0 bridgehead atoms. The number of amides is 3. The molecule has 1 fully saturated rings. The van der Waals surface area contributed by atoms with Gasteiger partial charge >= 0.3 is 0 Å². The van der Waals surface area contributed by atoms with Crippen LogP contribution in [0.15, 0.2) is 48.5 Å². The second-order valence-electron chi connectivity index (χ2n) is 7.82. The minimum atomic E-state index is -0.645. The first-order valence-electron chi connectivity index (χ1n) is 10.6. The number of benzene rings is 2. The normalized spacial score (nSPS) is 15.3. The topological polar surface area (TPSA) is 78.5 Å². The Hall–Kier alpha value is -3.22. The number of halogens is 1. The van der Waals surface area contributed by atoms with Crippen LogP contribution in [0.1, 0.15) is 54.9 Å². The molecule has 1 heterocycles. The van der Waals surface area contributed by atoms with E-state index in [9.17, 15) is 18.8 Å². The number of carbonyl (C=O) groups excluding carboxylic acids is 3. The lowest BCUT2D eigenvalue weighted by atomic mass is 9.93. The number of nitrogens with zero attached hydrogens (tertiary/aromatic N) is 1. The zero-order chi connectivity index (χ0) is 22.4. The van der Waals surface area contributed by atoms with Crippen molar-refractivity contribution in [2.45, 2.75) is 45.1 Å². The van der Waals surface area contributed by atoms with Crippen LogP contribution in [-0.2, 0) is 9.59 Å². The molecule has 0 aromatic heterocycles. The largest absolute Gasteiger partial charge is 0.349 e. The smallest absolute Gasteiger partial charge is 0.254 e. The van der Waals surface area contributed by atoms with Crippen LogP contribution in [0.25, 0.3) is 0 Å². The number of piperidine rings is 1. The molecule has 3 rings (SSSR count). The summed E-state index contributed by atoms with van der Waals surface area (Å²) in [6, 6.07) is 13.5. The Morgan fingerprint density at radius 2 is 1.77 bits per heavy atom. The van der Waals surface area contributed by atoms with Crippen LogP contribution in [0.3, 0.4) is 0 Å². The summed E-state index contributed by atoms with van der Waals surface area (Å²) in [5.74, 6) is -1.53. The Balaban J connectivity index is 1.58. The van der Waals surface area contributed by atoms with E-state index in [1.807, 2.05) is 42.2 Å². The number of nitrogens with one attached hydrogen (secondary N) is 2. The van der Waals surface area contributed by atoms with Gasteiger partial charge in [-0.1, -0.05) is 37.3 Å². The Kier molecular flexibility index (Phi) is 7.39. The number of anilines is 1. The number of hydrogen-bond donors (Lipinski definition) is 2. The van der Waals surface area contributed by atoms with Crippen molar-refractivity contribution in [1.29, 1.82) is 0 Å². The molecule has 1 atom stereocenters. The highest BCUT2D eigenvalue weighted by Crippen LogP contribution is 2.24. The van der Waals surface area contributed by atoms with Crippen LogP contribution < -0.4 is 10.6 Å². The van der Waals surface area contributed by atoms with Gasteiger partial charge in [-0.3, -0.25) is 14.4 Å². The van der Waals surface area contributed by atoms with Gasteiger partial charge < -0.3 is 15.5 Å². The van der Waals surface area contributed by atoms with Gasteiger partial charge in [-0.2, -0.15) is 0 Å². The van der Waals surface area contributed by atoms with Crippen molar-refractivity contribution in [1.82, 2.24) is 10.2 Å². The maximum atomic E-state index is 14.1. The third kappa shape index (κ3) is 5.69. The van der Waals surface area contributed by atoms with E-state index in [0.717, 1.165) is 18.1 Å². The lowest BCUT2D eigenvalue weighted by Gasteiger charge is -2.34.